The number of rotatable bonds is 11. The summed E-state index contributed by atoms with van der Waals surface area (Å²) in [5.41, 5.74) is 2.91. The minimum absolute atomic E-state index is 0.231. The van der Waals surface area contributed by atoms with E-state index in [1.54, 1.807) is 0 Å². The lowest BCUT2D eigenvalue weighted by Gasteiger charge is -2.43. The summed E-state index contributed by atoms with van der Waals surface area (Å²) in [6.45, 7) is 2.69. The summed E-state index contributed by atoms with van der Waals surface area (Å²) in [5.74, 6) is 0. The Morgan fingerprint density at radius 1 is 0.686 bits per heavy atom. The van der Waals surface area contributed by atoms with Gasteiger partial charge in [0, 0.05) is 0 Å². The van der Waals surface area contributed by atoms with Crippen molar-refractivity contribution in [3.05, 3.63) is 108 Å². The van der Waals surface area contributed by atoms with Crippen molar-refractivity contribution in [1.29, 1.82) is 0 Å². The highest BCUT2D eigenvalue weighted by Gasteiger charge is 2.49. The van der Waals surface area contributed by atoms with Gasteiger partial charge in [0.05, 0.1) is 25.9 Å². The zero-order valence-corrected chi connectivity index (χ0v) is 20.4. The maximum atomic E-state index is 11.5. The van der Waals surface area contributed by atoms with Crippen molar-refractivity contribution in [1.82, 2.24) is 0 Å². The van der Waals surface area contributed by atoms with Crippen molar-refractivity contribution < 1.29 is 32.9 Å². The third-order valence-corrected chi connectivity index (χ3v) is 6.15. The molecular formula is C27H29O7P. The van der Waals surface area contributed by atoms with Gasteiger partial charge in [0.2, 0.25) is 6.29 Å². The van der Waals surface area contributed by atoms with E-state index in [9.17, 15) is 9.46 Å². The van der Waals surface area contributed by atoms with E-state index in [0.717, 1.165) is 16.7 Å². The molecule has 0 radical (unpaired) electrons. The van der Waals surface area contributed by atoms with Gasteiger partial charge in [-0.25, -0.2) is 0 Å². The molecule has 6 atom stereocenters. The van der Waals surface area contributed by atoms with Crippen LogP contribution in [0.2, 0.25) is 0 Å². The van der Waals surface area contributed by atoms with Gasteiger partial charge >= 0.3 is 8.25 Å². The molecule has 0 saturated carbocycles. The van der Waals surface area contributed by atoms with Gasteiger partial charge in [0.15, 0.2) is 0 Å². The maximum Gasteiger partial charge on any atom is 0.491 e. The molecule has 1 heterocycles. The Morgan fingerprint density at radius 3 is 1.51 bits per heavy atom. The molecular weight excluding hydrogens is 467 g/mol. The fourth-order valence-electron chi connectivity index (χ4n) is 4.04. The summed E-state index contributed by atoms with van der Waals surface area (Å²) in [7, 11) is -3.17. The molecule has 8 heteroatoms. The van der Waals surface area contributed by atoms with Crippen LogP contribution in [-0.2, 0) is 47.9 Å². The Hall–Kier alpha value is -2.48. The minimum Gasteiger partial charge on any atom is -0.566 e. The molecule has 184 valence electrons. The van der Waals surface area contributed by atoms with Gasteiger partial charge in [-0.2, -0.15) is 0 Å². The smallest absolute Gasteiger partial charge is 0.491 e. The van der Waals surface area contributed by atoms with Gasteiger partial charge in [-0.05, 0) is 28.2 Å². The lowest BCUT2D eigenvalue weighted by Crippen LogP contribution is -2.59. The van der Waals surface area contributed by atoms with Crippen LogP contribution in [0.1, 0.15) is 23.6 Å². The molecule has 3 aromatic carbocycles. The van der Waals surface area contributed by atoms with Crippen molar-refractivity contribution >= 4 is 8.25 Å². The fourth-order valence-corrected chi connectivity index (χ4v) is 4.38. The average molecular weight is 496 g/mol. The monoisotopic (exact) mass is 496 g/mol. The van der Waals surface area contributed by atoms with Crippen LogP contribution < -0.4 is 4.89 Å². The first-order chi connectivity index (χ1) is 17.1. The molecule has 1 saturated heterocycles. The molecule has 1 aliphatic heterocycles. The molecule has 3 aromatic rings. The number of hydrogen-bond donors (Lipinski definition) is 0. The topological polar surface area (TPSA) is 86.3 Å². The molecule has 1 fully saturated rings. The Labute approximate surface area is 206 Å². The number of ether oxygens (including phenoxy) is 4. The first kappa shape index (κ1) is 25.6. The van der Waals surface area contributed by atoms with Crippen molar-refractivity contribution in [2.45, 2.75) is 57.5 Å². The maximum absolute atomic E-state index is 11.5. The lowest BCUT2D eigenvalue weighted by molar-refractivity contribution is -0.310. The van der Waals surface area contributed by atoms with Crippen LogP contribution in [0, 0.1) is 0 Å². The second-order valence-corrected chi connectivity index (χ2v) is 8.98. The summed E-state index contributed by atoms with van der Waals surface area (Å²) >= 11 is 0. The van der Waals surface area contributed by atoms with E-state index < -0.39 is 39.0 Å². The van der Waals surface area contributed by atoms with Gasteiger partial charge in [0.25, 0.3) is 0 Å². The van der Waals surface area contributed by atoms with Crippen LogP contribution in [-0.4, -0.2) is 30.7 Å². The lowest BCUT2D eigenvalue weighted by atomic mass is 9.98. The van der Waals surface area contributed by atoms with Crippen molar-refractivity contribution in [3.8, 4) is 0 Å². The molecule has 1 aliphatic rings. The van der Waals surface area contributed by atoms with Crippen LogP contribution in [0.5, 0.6) is 0 Å². The molecule has 4 rings (SSSR count). The highest BCUT2D eigenvalue weighted by atomic mass is 31.1. The Balaban J connectivity index is 1.57. The van der Waals surface area contributed by atoms with Gasteiger partial charge in [0.1, 0.15) is 18.3 Å². The molecule has 0 spiro atoms. The Kier molecular flexibility index (Phi) is 9.51. The quantitative estimate of drug-likeness (QED) is 0.361. The summed E-state index contributed by atoms with van der Waals surface area (Å²) in [5, 5.41) is 0. The Morgan fingerprint density at radius 2 is 1.09 bits per heavy atom. The normalized spacial score (nSPS) is 24.7. The van der Waals surface area contributed by atoms with E-state index in [-0.39, 0.29) is 6.61 Å². The second-order valence-electron chi connectivity index (χ2n) is 8.32. The number of hydrogen-bond acceptors (Lipinski definition) is 7. The summed E-state index contributed by atoms with van der Waals surface area (Å²) < 4.78 is 41.4. The minimum atomic E-state index is -3.17. The zero-order valence-electron chi connectivity index (χ0n) is 19.5. The molecule has 7 nitrogen and oxygen atoms in total. The average Bonchev–Trinajstić information content (AvgIpc) is 2.88. The first-order valence-electron chi connectivity index (χ1n) is 11.5. The van der Waals surface area contributed by atoms with E-state index in [1.807, 2.05) is 97.9 Å². The third kappa shape index (κ3) is 7.50. The molecule has 0 aromatic heterocycles. The zero-order chi connectivity index (χ0) is 24.5. The SMILES string of the molecule is C[C@@H]1O[C@@H](O[P+](=O)[O-])[C@H](OCc2ccccc2)[C@H](OCc2ccccc2)[C@H]1OCc1ccccc1. The van der Waals surface area contributed by atoms with E-state index in [1.165, 1.54) is 0 Å². The second kappa shape index (κ2) is 13.0. The predicted molar refractivity (Wildman–Crippen MR) is 128 cm³/mol. The molecule has 0 bridgehead atoms. The first-order valence-corrected chi connectivity index (χ1v) is 12.6. The summed E-state index contributed by atoms with van der Waals surface area (Å²) in [4.78, 5) is 11.5. The summed E-state index contributed by atoms with van der Waals surface area (Å²) in [6.07, 6.45) is -3.68. The third-order valence-electron chi connectivity index (χ3n) is 5.77. The molecule has 35 heavy (non-hydrogen) atoms. The molecule has 0 N–H and O–H groups in total. The van der Waals surface area contributed by atoms with Gasteiger partial charge in [-0.3, -0.25) is 0 Å². The van der Waals surface area contributed by atoms with Gasteiger partial charge in [-0.15, -0.1) is 4.52 Å². The van der Waals surface area contributed by atoms with E-state index in [2.05, 4.69) is 0 Å². The molecule has 0 amide bonds. The van der Waals surface area contributed by atoms with E-state index in [0.29, 0.717) is 13.2 Å². The largest absolute Gasteiger partial charge is 0.566 e. The van der Waals surface area contributed by atoms with Crippen LogP contribution in [0.15, 0.2) is 91.0 Å². The van der Waals surface area contributed by atoms with E-state index >= 15 is 0 Å². The van der Waals surface area contributed by atoms with Crippen LogP contribution >= 0.6 is 8.25 Å². The summed E-state index contributed by atoms with van der Waals surface area (Å²) in [6, 6.07) is 29.1. The Bertz CT molecular complexity index is 1040. The van der Waals surface area contributed by atoms with Crippen LogP contribution in [0.25, 0.3) is 0 Å². The van der Waals surface area contributed by atoms with E-state index in [4.69, 9.17) is 23.5 Å². The van der Waals surface area contributed by atoms with Gasteiger partial charge < -0.3 is 23.8 Å². The molecule has 1 unspecified atom stereocenters. The van der Waals surface area contributed by atoms with Crippen molar-refractivity contribution in [2.24, 2.45) is 0 Å². The van der Waals surface area contributed by atoms with Crippen LogP contribution in [0.3, 0.4) is 0 Å². The molecule has 0 aliphatic carbocycles. The highest BCUT2D eigenvalue weighted by Crippen LogP contribution is 2.33. The number of benzene rings is 3. The highest BCUT2D eigenvalue weighted by molar-refractivity contribution is 7.30. The van der Waals surface area contributed by atoms with Crippen LogP contribution in [0.4, 0.5) is 0 Å². The predicted octanol–water partition coefficient (Wildman–Crippen LogP) is 4.52. The standard InChI is InChI=1S/C27H29O7P/c1-20-24(30-17-21-11-5-2-6-12-21)25(31-18-22-13-7-3-8-14-22)26(27(33-20)34-35(28)29)32-19-23-15-9-4-10-16-23/h2-16,20,24-27H,17-19H2,1H3/t20-,24-,25+,26+,27-/m0/s1. The van der Waals surface area contributed by atoms with Crippen molar-refractivity contribution in [2.75, 3.05) is 0 Å². The van der Waals surface area contributed by atoms with Gasteiger partial charge in [-0.1, -0.05) is 91.0 Å². The van der Waals surface area contributed by atoms with Crippen molar-refractivity contribution in [3.63, 3.8) is 0 Å². The fraction of sp³-hybridized carbons (Fsp3) is 0.333.